The van der Waals surface area contributed by atoms with Crippen molar-refractivity contribution < 1.29 is 14.3 Å². The second kappa shape index (κ2) is 4.19. The van der Waals surface area contributed by atoms with Crippen molar-refractivity contribution >= 4 is 11.8 Å². The standard InChI is InChI=1S/C13H22O3/c1-6-13(11(15)16-7-2)10(8-9(3)14)12(13,4)5/h10H,6-8H2,1-5H3. The number of carbonyl (C=O) groups excluding carboxylic acids is 2. The lowest BCUT2D eigenvalue weighted by atomic mass is 9.93. The van der Waals surface area contributed by atoms with E-state index in [0.717, 1.165) is 6.42 Å². The summed E-state index contributed by atoms with van der Waals surface area (Å²) in [5.74, 6) is 0.160. The fraction of sp³-hybridized carbons (Fsp3) is 0.846. The van der Waals surface area contributed by atoms with Crippen molar-refractivity contribution in [3.8, 4) is 0 Å². The van der Waals surface area contributed by atoms with Gasteiger partial charge in [-0.05, 0) is 31.6 Å². The van der Waals surface area contributed by atoms with Crippen molar-refractivity contribution in [1.82, 2.24) is 0 Å². The molecule has 0 heterocycles. The molecule has 0 aromatic heterocycles. The van der Waals surface area contributed by atoms with Gasteiger partial charge < -0.3 is 9.53 Å². The molecule has 1 aliphatic carbocycles. The van der Waals surface area contributed by atoms with Gasteiger partial charge in [0.1, 0.15) is 5.78 Å². The number of rotatable bonds is 5. The van der Waals surface area contributed by atoms with E-state index in [-0.39, 0.29) is 23.1 Å². The Kier molecular flexibility index (Phi) is 3.46. The van der Waals surface area contributed by atoms with Crippen LogP contribution in [0.1, 0.15) is 47.5 Å². The quantitative estimate of drug-likeness (QED) is 0.677. The summed E-state index contributed by atoms with van der Waals surface area (Å²) < 4.78 is 5.16. The molecule has 2 unspecified atom stereocenters. The normalized spacial score (nSPS) is 30.9. The minimum atomic E-state index is -0.436. The molecule has 2 atom stereocenters. The highest BCUT2D eigenvalue weighted by molar-refractivity contribution is 5.85. The number of carbonyl (C=O) groups is 2. The lowest BCUT2D eigenvalue weighted by molar-refractivity contribution is -0.151. The zero-order valence-electron chi connectivity index (χ0n) is 10.9. The maximum atomic E-state index is 12.0. The zero-order valence-corrected chi connectivity index (χ0v) is 10.9. The fourth-order valence-electron chi connectivity index (χ4n) is 3.19. The number of Topliss-reactive ketones (excluding diaryl/α,β-unsaturated/α-hetero) is 1. The van der Waals surface area contributed by atoms with Gasteiger partial charge in [-0.2, -0.15) is 0 Å². The lowest BCUT2D eigenvalue weighted by Crippen LogP contribution is -2.24. The van der Waals surface area contributed by atoms with E-state index in [1.165, 1.54) is 0 Å². The van der Waals surface area contributed by atoms with E-state index in [1.54, 1.807) is 6.92 Å². The predicted molar refractivity (Wildman–Crippen MR) is 61.9 cm³/mol. The summed E-state index contributed by atoms with van der Waals surface area (Å²) in [6, 6.07) is 0. The number of hydrogen-bond donors (Lipinski definition) is 0. The van der Waals surface area contributed by atoms with Gasteiger partial charge in [0.2, 0.25) is 0 Å². The van der Waals surface area contributed by atoms with Gasteiger partial charge in [-0.3, -0.25) is 4.79 Å². The summed E-state index contributed by atoms with van der Waals surface area (Å²) in [5.41, 5.74) is -0.547. The SMILES string of the molecule is CCOC(=O)C1(CC)C(CC(C)=O)C1(C)C. The molecule has 1 saturated carbocycles. The van der Waals surface area contributed by atoms with Gasteiger partial charge in [-0.1, -0.05) is 20.8 Å². The number of ketones is 1. The van der Waals surface area contributed by atoms with Gasteiger partial charge >= 0.3 is 5.97 Å². The summed E-state index contributed by atoms with van der Waals surface area (Å²) in [6.07, 6.45) is 1.23. The maximum absolute atomic E-state index is 12.0. The number of hydrogen-bond acceptors (Lipinski definition) is 3. The van der Waals surface area contributed by atoms with Gasteiger partial charge in [0, 0.05) is 6.42 Å². The second-order valence-corrected chi connectivity index (χ2v) is 5.23. The Hall–Kier alpha value is -0.860. The van der Waals surface area contributed by atoms with Crippen molar-refractivity contribution in [2.75, 3.05) is 6.61 Å². The van der Waals surface area contributed by atoms with Crippen molar-refractivity contribution in [2.45, 2.75) is 47.5 Å². The van der Waals surface area contributed by atoms with Crippen LogP contribution in [0.4, 0.5) is 0 Å². The molecule has 0 radical (unpaired) electrons. The summed E-state index contributed by atoms with van der Waals surface area (Å²) >= 11 is 0. The van der Waals surface area contributed by atoms with E-state index >= 15 is 0 Å². The van der Waals surface area contributed by atoms with Crippen LogP contribution in [0.3, 0.4) is 0 Å². The Morgan fingerprint density at radius 3 is 2.19 bits per heavy atom. The van der Waals surface area contributed by atoms with Crippen molar-refractivity contribution in [1.29, 1.82) is 0 Å². The van der Waals surface area contributed by atoms with Crippen LogP contribution in [0.25, 0.3) is 0 Å². The molecule has 0 amide bonds. The summed E-state index contributed by atoms with van der Waals surface area (Å²) in [6.45, 7) is 9.92. The molecule has 0 bridgehead atoms. The average Bonchev–Trinajstić information content (AvgIpc) is 2.63. The van der Waals surface area contributed by atoms with Gasteiger partial charge in [0.05, 0.1) is 12.0 Å². The molecule has 0 aromatic rings. The van der Waals surface area contributed by atoms with Gasteiger partial charge in [0.15, 0.2) is 0 Å². The molecule has 1 aliphatic rings. The minimum Gasteiger partial charge on any atom is -0.466 e. The van der Waals surface area contributed by atoms with Gasteiger partial charge in [-0.15, -0.1) is 0 Å². The van der Waals surface area contributed by atoms with Crippen LogP contribution in [-0.4, -0.2) is 18.4 Å². The lowest BCUT2D eigenvalue weighted by Gasteiger charge is -2.16. The minimum absolute atomic E-state index is 0.111. The molecule has 92 valence electrons. The Balaban J connectivity index is 2.89. The smallest absolute Gasteiger partial charge is 0.312 e. The van der Waals surface area contributed by atoms with E-state index in [0.29, 0.717) is 13.0 Å². The maximum Gasteiger partial charge on any atom is 0.312 e. The van der Waals surface area contributed by atoms with E-state index in [9.17, 15) is 9.59 Å². The third-order valence-electron chi connectivity index (χ3n) is 4.22. The first-order chi connectivity index (χ1) is 7.34. The van der Waals surface area contributed by atoms with E-state index in [1.807, 2.05) is 13.8 Å². The number of esters is 1. The van der Waals surface area contributed by atoms with E-state index in [2.05, 4.69) is 13.8 Å². The van der Waals surface area contributed by atoms with Crippen LogP contribution in [0.5, 0.6) is 0 Å². The van der Waals surface area contributed by atoms with Gasteiger partial charge in [-0.25, -0.2) is 0 Å². The van der Waals surface area contributed by atoms with Crippen molar-refractivity contribution in [3.05, 3.63) is 0 Å². The molecular weight excluding hydrogens is 204 g/mol. The molecular formula is C13H22O3. The molecule has 3 heteroatoms. The first-order valence-corrected chi connectivity index (χ1v) is 6.01. The molecule has 1 fully saturated rings. The highest BCUT2D eigenvalue weighted by Gasteiger charge is 2.74. The molecule has 0 aliphatic heterocycles. The molecule has 0 aromatic carbocycles. The average molecular weight is 226 g/mol. The summed E-state index contributed by atoms with van der Waals surface area (Å²) in [5, 5.41) is 0. The third-order valence-corrected chi connectivity index (χ3v) is 4.22. The Morgan fingerprint density at radius 2 is 1.81 bits per heavy atom. The first-order valence-electron chi connectivity index (χ1n) is 6.01. The van der Waals surface area contributed by atoms with Gasteiger partial charge in [0.25, 0.3) is 0 Å². The Bertz CT molecular complexity index is 306. The van der Waals surface area contributed by atoms with Crippen LogP contribution in [0.2, 0.25) is 0 Å². The Labute approximate surface area is 97.5 Å². The monoisotopic (exact) mass is 226 g/mol. The third kappa shape index (κ3) is 1.66. The molecule has 0 N–H and O–H groups in total. The van der Waals surface area contributed by atoms with Crippen LogP contribution in [-0.2, 0) is 14.3 Å². The fourth-order valence-corrected chi connectivity index (χ4v) is 3.19. The van der Waals surface area contributed by atoms with Crippen LogP contribution < -0.4 is 0 Å². The molecule has 0 saturated heterocycles. The molecule has 16 heavy (non-hydrogen) atoms. The molecule has 1 rings (SSSR count). The number of ether oxygens (including phenoxy) is 1. The zero-order chi connectivity index (χ0) is 12.6. The van der Waals surface area contributed by atoms with E-state index < -0.39 is 5.41 Å². The molecule has 3 nitrogen and oxygen atoms in total. The van der Waals surface area contributed by atoms with Crippen LogP contribution in [0, 0.1) is 16.7 Å². The summed E-state index contributed by atoms with van der Waals surface area (Å²) in [7, 11) is 0. The highest BCUT2D eigenvalue weighted by atomic mass is 16.5. The van der Waals surface area contributed by atoms with Crippen LogP contribution >= 0.6 is 0 Å². The summed E-state index contributed by atoms with van der Waals surface area (Å²) in [4.78, 5) is 23.2. The topological polar surface area (TPSA) is 43.4 Å². The predicted octanol–water partition coefficient (Wildman–Crippen LogP) is 2.58. The molecule has 0 spiro atoms. The first kappa shape index (κ1) is 13.2. The van der Waals surface area contributed by atoms with E-state index in [4.69, 9.17) is 4.74 Å². The van der Waals surface area contributed by atoms with Crippen molar-refractivity contribution in [2.24, 2.45) is 16.7 Å². The van der Waals surface area contributed by atoms with Crippen LogP contribution in [0.15, 0.2) is 0 Å². The van der Waals surface area contributed by atoms with Crippen molar-refractivity contribution in [3.63, 3.8) is 0 Å². The largest absolute Gasteiger partial charge is 0.466 e. The highest BCUT2D eigenvalue weighted by Crippen LogP contribution is 2.72. The second-order valence-electron chi connectivity index (χ2n) is 5.23. The Morgan fingerprint density at radius 1 is 1.25 bits per heavy atom.